The van der Waals surface area contributed by atoms with Gasteiger partial charge in [-0.25, -0.2) is 0 Å². The molecule has 2 atom stereocenters. The van der Waals surface area contributed by atoms with Crippen molar-refractivity contribution in [2.75, 3.05) is 13.7 Å². The third kappa shape index (κ3) is 5.36. The second-order valence-corrected chi connectivity index (χ2v) is 12.7. The summed E-state index contributed by atoms with van der Waals surface area (Å²) in [5, 5.41) is 2.28. The molecule has 0 radical (unpaired) electrons. The summed E-state index contributed by atoms with van der Waals surface area (Å²) in [7, 11) is 0.983. The van der Waals surface area contributed by atoms with Crippen LogP contribution in [0.2, 0.25) is 0 Å². The molecule has 2 aromatic carbocycles. The Hall–Kier alpha value is -2.97. The van der Waals surface area contributed by atoms with Crippen molar-refractivity contribution < 1.29 is 23.6 Å². The number of amides is 1. The van der Waals surface area contributed by atoms with Gasteiger partial charge < -0.3 is 18.9 Å². The van der Waals surface area contributed by atoms with Gasteiger partial charge in [-0.2, -0.15) is 0 Å². The minimum atomic E-state index is -0.387. The smallest absolute Gasteiger partial charge is 0.469 e. The van der Waals surface area contributed by atoms with Gasteiger partial charge in [-0.15, -0.1) is 0 Å². The lowest BCUT2D eigenvalue weighted by Crippen LogP contribution is -2.45. The number of methoxy groups -OCH3 is 1. The number of allylic oxidation sites excluding steroid dienone is 1. The number of carbonyl (C=O) groups excluding carboxylic acids is 2. The molecule has 3 aliphatic heterocycles. The van der Waals surface area contributed by atoms with E-state index in [2.05, 4.69) is 64.1 Å². The zero-order valence-corrected chi connectivity index (χ0v) is 24.8. The second-order valence-electron chi connectivity index (χ2n) is 12.7. The van der Waals surface area contributed by atoms with Crippen molar-refractivity contribution in [2.24, 2.45) is 16.8 Å². The van der Waals surface area contributed by atoms with E-state index in [1.54, 1.807) is 0 Å². The minimum absolute atomic E-state index is 0.0249. The van der Waals surface area contributed by atoms with E-state index < -0.39 is 0 Å². The molecule has 2 fully saturated rings. The summed E-state index contributed by atoms with van der Waals surface area (Å²) < 4.78 is 17.3. The van der Waals surface area contributed by atoms with E-state index in [-0.39, 0.29) is 54.5 Å². The van der Waals surface area contributed by atoms with E-state index in [0.717, 1.165) is 52.3 Å². The Balaban J connectivity index is 1.28. The molecule has 7 nitrogen and oxygen atoms in total. The maximum Gasteiger partial charge on any atom is 0.494 e. The molecule has 3 heterocycles. The first-order chi connectivity index (χ1) is 18.9. The van der Waals surface area contributed by atoms with E-state index in [9.17, 15) is 9.59 Å². The highest BCUT2D eigenvalue weighted by Gasteiger charge is 2.51. The van der Waals surface area contributed by atoms with Crippen LogP contribution in [0.25, 0.3) is 16.3 Å². The molecule has 2 aromatic rings. The van der Waals surface area contributed by atoms with Gasteiger partial charge in [0, 0.05) is 24.9 Å². The zero-order valence-electron chi connectivity index (χ0n) is 24.8. The summed E-state index contributed by atoms with van der Waals surface area (Å²) >= 11 is 0. The van der Waals surface area contributed by atoms with Gasteiger partial charge in [0.25, 0.3) is 0 Å². The monoisotopic (exact) mass is 544 g/mol. The number of likely N-dealkylation sites (tertiary alicyclic amines) is 1. The normalized spacial score (nSPS) is 22.6. The van der Waals surface area contributed by atoms with E-state index >= 15 is 0 Å². The predicted octanol–water partition coefficient (Wildman–Crippen LogP) is 5.15. The zero-order chi connectivity index (χ0) is 28.8. The summed E-state index contributed by atoms with van der Waals surface area (Å²) in [6, 6.07) is 12.8. The highest BCUT2D eigenvalue weighted by Crippen LogP contribution is 2.37. The summed E-state index contributed by atoms with van der Waals surface area (Å²) in [4.78, 5) is 32.2. The van der Waals surface area contributed by atoms with Crippen LogP contribution < -0.4 is 5.46 Å². The summed E-state index contributed by atoms with van der Waals surface area (Å²) in [5.41, 5.74) is 3.58. The van der Waals surface area contributed by atoms with E-state index in [1.165, 1.54) is 7.11 Å². The highest BCUT2D eigenvalue weighted by molar-refractivity contribution is 6.62. The number of ether oxygens (including phenoxy) is 1. The number of carbonyl (C=O) groups is 2. The molecule has 0 bridgehead atoms. The van der Waals surface area contributed by atoms with E-state index in [1.807, 2.05) is 24.9 Å². The molecule has 5 rings (SSSR count). The second kappa shape index (κ2) is 10.8. The van der Waals surface area contributed by atoms with Crippen LogP contribution in [0.4, 0.5) is 0 Å². The van der Waals surface area contributed by atoms with Crippen LogP contribution in [0.15, 0.2) is 47.6 Å². The Kier molecular flexibility index (Phi) is 7.70. The van der Waals surface area contributed by atoms with Crippen LogP contribution in [-0.2, 0) is 23.6 Å². The number of hydrogen-bond donors (Lipinski definition) is 0. The average molecular weight is 545 g/mol. The number of hydrogen-bond acceptors (Lipinski definition) is 6. The number of benzene rings is 2. The van der Waals surface area contributed by atoms with Crippen LogP contribution in [0.5, 0.6) is 0 Å². The van der Waals surface area contributed by atoms with Gasteiger partial charge in [0.2, 0.25) is 5.91 Å². The fourth-order valence-corrected chi connectivity index (χ4v) is 5.88. The van der Waals surface area contributed by atoms with Gasteiger partial charge in [-0.3, -0.25) is 14.6 Å². The third-order valence-corrected chi connectivity index (χ3v) is 9.17. The van der Waals surface area contributed by atoms with Crippen molar-refractivity contribution in [2.45, 2.75) is 84.5 Å². The van der Waals surface area contributed by atoms with Crippen LogP contribution in [0.3, 0.4) is 0 Å². The molecule has 0 saturated carbocycles. The number of aliphatic imine (C=N–C) groups is 1. The molecular formula is C32H41BN2O5. The van der Waals surface area contributed by atoms with Crippen LogP contribution >= 0.6 is 0 Å². The third-order valence-electron chi connectivity index (χ3n) is 9.17. The first-order valence-electron chi connectivity index (χ1n) is 14.4. The molecule has 0 spiro atoms. The van der Waals surface area contributed by atoms with Crippen molar-refractivity contribution in [3.8, 4) is 0 Å². The van der Waals surface area contributed by atoms with Crippen LogP contribution in [-0.4, -0.2) is 60.5 Å². The van der Waals surface area contributed by atoms with Crippen molar-refractivity contribution in [3.63, 3.8) is 0 Å². The molecule has 2 saturated heterocycles. The van der Waals surface area contributed by atoms with E-state index in [4.69, 9.17) is 19.0 Å². The Bertz CT molecular complexity index is 1360. The van der Waals surface area contributed by atoms with Gasteiger partial charge in [0.05, 0.1) is 36.7 Å². The standard InChI is InChI=1S/C32H41BN2O5/c1-20(2)26(18-29(36)38-7)30(37)35-14-8-9-28(35)27-17-24(19-34-27)22-10-11-23-16-25(13-12-21(23)15-22)33-39-31(3,4)32(5,6)40-33/h10-13,15-16,19-20,26,28H,8-9,14,17-18H2,1-7H3/t26-,28-/m0/s1. The predicted molar refractivity (Wildman–Crippen MR) is 159 cm³/mol. The molecule has 3 aliphatic rings. The molecule has 0 aromatic heterocycles. The van der Waals surface area contributed by atoms with Gasteiger partial charge in [0.1, 0.15) is 0 Å². The molecule has 212 valence electrons. The first kappa shape index (κ1) is 28.6. The van der Waals surface area contributed by atoms with Crippen LogP contribution in [0, 0.1) is 11.8 Å². The number of rotatable bonds is 7. The van der Waals surface area contributed by atoms with Crippen molar-refractivity contribution in [1.29, 1.82) is 0 Å². The lowest BCUT2D eigenvalue weighted by atomic mass is 9.78. The molecule has 0 aliphatic carbocycles. The first-order valence-corrected chi connectivity index (χ1v) is 14.4. The number of nitrogens with zero attached hydrogens (tertiary/aromatic N) is 2. The Labute approximate surface area is 238 Å². The highest BCUT2D eigenvalue weighted by atomic mass is 16.7. The van der Waals surface area contributed by atoms with Gasteiger partial charge >= 0.3 is 13.1 Å². The molecule has 8 heteroatoms. The van der Waals surface area contributed by atoms with Gasteiger partial charge in [-0.1, -0.05) is 44.2 Å². The summed E-state index contributed by atoms with van der Waals surface area (Å²) in [5.74, 6) is -0.646. The lowest BCUT2D eigenvalue weighted by molar-refractivity contribution is -0.148. The average Bonchev–Trinajstić information content (AvgIpc) is 3.63. The summed E-state index contributed by atoms with van der Waals surface area (Å²) in [6.07, 6.45) is 4.61. The SMILES string of the molecule is COC(=O)C[C@H](C(=O)N1CCC[C@H]1C1=NC=C(c2ccc3cc(B4OC(C)(C)C(C)(C)O4)ccc3c2)C1)C(C)C. The van der Waals surface area contributed by atoms with Gasteiger partial charge in [-0.05, 0) is 79.9 Å². The molecule has 40 heavy (non-hydrogen) atoms. The van der Waals surface area contributed by atoms with E-state index in [0.29, 0.717) is 6.54 Å². The Morgan fingerprint density at radius 2 is 1.75 bits per heavy atom. The molecule has 0 unspecified atom stereocenters. The molecule has 0 N–H and O–H groups in total. The van der Waals surface area contributed by atoms with Crippen molar-refractivity contribution in [1.82, 2.24) is 4.90 Å². The number of esters is 1. The quantitative estimate of drug-likeness (QED) is 0.356. The molecule has 1 amide bonds. The van der Waals surface area contributed by atoms with Crippen molar-refractivity contribution >= 4 is 46.5 Å². The number of fused-ring (bicyclic) bond motifs is 1. The fourth-order valence-electron chi connectivity index (χ4n) is 5.88. The Morgan fingerprint density at radius 3 is 2.42 bits per heavy atom. The largest absolute Gasteiger partial charge is 0.494 e. The fraction of sp³-hybridized carbons (Fsp3) is 0.531. The molecular weight excluding hydrogens is 503 g/mol. The Morgan fingerprint density at radius 1 is 1.07 bits per heavy atom. The summed E-state index contributed by atoms with van der Waals surface area (Å²) in [6.45, 7) is 12.9. The van der Waals surface area contributed by atoms with Gasteiger partial charge in [0.15, 0.2) is 0 Å². The maximum absolute atomic E-state index is 13.5. The lowest BCUT2D eigenvalue weighted by Gasteiger charge is -2.32. The van der Waals surface area contributed by atoms with Crippen LogP contribution in [0.1, 0.15) is 72.8 Å². The topological polar surface area (TPSA) is 77.4 Å². The minimum Gasteiger partial charge on any atom is -0.469 e. The maximum atomic E-state index is 13.5. The van der Waals surface area contributed by atoms with Crippen molar-refractivity contribution in [3.05, 3.63) is 48.2 Å².